The maximum Gasteiger partial charge on any atom is 0.274 e. The largest absolute Gasteiger partial charge is 0.487 e. The topological polar surface area (TPSA) is 96.7 Å². The van der Waals surface area contributed by atoms with Gasteiger partial charge in [0, 0.05) is 44.1 Å². The number of piperazine rings is 1. The molecule has 38 heavy (non-hydrogen) atoms. The van der Waals surface area contributed by atoms with Crippen LogP contribution < -0.4 is 20.3 Å². The van der Waals surface area contributed by atoms with Gasteiger partial charge in [0.15, 0.2) is 5.65 Å². The Labute approximate surface area is 220 Å². The molecule has 5 aromatic rings. The molecule has 2 aromatic carbocycles. The molecule has 0 saturated carbocycles. The van der Waals surface area contributed by atoms with Crippen LogP contribution in [-0.2, 0) is 6.61 Å². The number of ether oxygens (including phenoxy) is 1. The van der Waals surface area contributed by atoms with E-state index in [4.69, 9.17) is 4.74 Å². The van der Waals surface area contributed by atoms with Crippen molar-refractivity contribution >= 4 is 22.9 Å². The van der Waals surface area contributed by atoms with Crippen LogP contribution in [0.5, 0.6) is 5.75 Å². The number of para-hydroxylation sites is 2. The number of hydrogen-bond acceptors (Lipinski definition) is 7. The van der Waals surface area contributed by atoms with Crippen molar-refractivity contribution in [3.8, 4) is 16.9 Å². The van der Waals surface area contributed by atoms with Gasteiger partial charge in [-0.25, -0.2) is 9.50 Å². The smallest absolute Gasteiger partial charge is 0.274 e. The minimum atomic E-state index is -0.263. The van der Waals surface area contributed by atoms with Crippen molar-refractivity contribution < 1.29 is 9.53 Å². The summed E-state index contributed by atoms with van der Waals surface area (Å²) in [6, 6.07) is 23.0. The molecule has 0 unspecified atom stereocenters. The SMILES string of the molecule is O=C(Nc1ccccc1N1CCNCC1)c1ccn2ncc(-c3ccc(OCc4ccccn4)cc3)c2n1. The van der Waals surface area contributed by atoms with E-state index in [9.17, 15) is 4.79 Å². The van der Waals surface area contributed by atoms with E-state index in [1.54, 1.807) is 29.2 Å². The highest BCUT2D eigenvalue weighted by atomic mass is 16.5. The average Bonchev–Trinajstić information content (AvgIpc) is 3.41. The minimum absolute atomic E-state index is 0.263. The fraction of sp³-hybridized carbons (Fsp3) is 0.172. The molecule has 4 heterocycles. The van der Waals surface area contributed by atoms with Crippen LogP contribution in [-0.4, -0.2) is 51.7 Å². The summed E-state index contributed by atoms with van der Waals surface area (Å²) in [5, 5.41) is 10.8. The van der Waals surface area contributed by atoms with Crippen LogP contribution in [0.1, 0.15) is 16.2 Å². The zero-order valence-electron chi connectivity index (χ0n) is 20.7. The predicted molar refractivity (Wildman–Crippen MR) is 146 cm³/mol. The molecule has 1 aliphatic heterocycles. The van der Waals surface area contributed by atoms with E-state index in [2.05, 4.69) is 30.6 Å². The molecule has 6 rings (SSSR count). The number of amides is 1. The summed E-state index contributed by atoms with van der Waals surface area (Å²) < 4.78 is 7.53. The molecule has 0 spiro atoms. The highest BCUT2D eigenvalue weighted by Gasteiger charge is 2.18. The van der Waals surface area contributed by atoms with Crippen LogP contribution in [0, 0.1) is 0 Å². The molecule has 0 bridgehead atoms. The molecule has 1 aliphatic rings. The van der Waals surface area contributed by atoms with Gasteiger partial charge in [-0.05, 0) is 48.0 Å². The van der Waals surface area contributed by atoms with Crippen molar-refractivity contribution in [3.63, 3.8) is 0 Å². The molecule has 1 fully saturated rings. The summed E-state index contributed by atoms with van der Waals surface area (Å²) in [7, 11) is 0. The molecule has 0 atom stereocenters. The third kappa shape index (κ3) is 5.05. The number of fused-ring (bicyclic) bond motifs is 1. The normalized spacial score (nSPS) is 13.4. The van der Waals surface area contributed by atoms with Gasteiger partial charge in [-0.2, -0.15) is 5.10 Å². The first kappa shape index (κ1) is 23.6. The Kier molecular flexibility index (Phi) is 6.65. The molecule has 0 aliphatic carbocycles. The number of nitrogens with zero attached hydrogens (tertiary/aromatic N) is 5. The van der Waals surface area contributed by atoms with Crippen molar-refractivity contribution in [2.45, 2.75) is 6.61 Å². The number of benzene rings is 2. The second-order valence-corrected chi connectivity index (χ2v) is 8.98. The highest BCUT2D eigenvalue weighted by Crippen LogP contribution is 2.28. The number of rotatable bonds is 7. The maximum atomic E-state index is 13.2. The Hall–Kier alpha value is -4.76. The van der Waals surface area contributed by atoms with E-state index in [0.717, 1.165) is 60.1 Å². The zero-order valence-corrected chi connectivity index (χ0v) is 20.7. The summed E-state index contributed by atoms with van der Waals surface area (Å²) in [6.07, 6.45) is 5.26. The Morgan fingerprint density at radius 2 is 1.79 bits per heavy atom. The average molecular weight is 506 g/mol. The molecule has 190 valence electrons. The number of aromatic nitrogens is 4. The quantitative estimate of drug-likeness (QED) is 0.345. The molecule has 1 saturated heterocycles. The molecule has 9 nitrogen and oxygen atoms in total. The number of carbonyl (C=O) groups excluding carboxylic acids is 1. The van der Waals surface area contributed by atoms with Gasteiger partial charge < -0.3 is 20.3 Å². The standard InChI is InChI=1S/C29H27N7O2/c37-29(34-25-6-1-2-7-27(25)35-17-14-30-15-18-35)26-12-16-36-28(33-26)24(19-32-36)21-8-10-23(11-9-21)38-20-22-5-3-4-13-31-22/h1-13,16,19,30H,14-15,17-18,20H2,(H,34,37). The van der Waals surface area contributed by atoms with Gasteiger partial charge in [0.1, 0.15) is 18.1 Å². The van der Waals surface area contributed by atoms with Crippen molar-refractivity contribution in [1.29, 1.82) is 0 Å². The second kappa shape index (κ2) is 10.7. The predicted octanol–water partition coefficient (Wildman–Crippen LogP) is 4.03. The van der Waals surface area contributed by atoms with Crippen LogP contribution >= 0.6 is 0 Å². The first-order valence-electron chi connectivity index (χ1n) is 12.6. The lowest BCUT2D eigenvalue weighted by Crippen LogP contribution is -2.43. The summed E-state index contributed by atoms with van der Waals surface area (Å²) in [6.45, 7) is 4.02. The Balaban J connectivity index is 1.20. The third-order valence-corrected chi connectivity index (χ3v) is 6.49. The Bertz CT molecular complexity index is 1540. The van der Waals surface area contributed by atoms with Gasteiger partial charge in [-0.15, -0.1) is 0 Å². The van der Waals surface area contributed by atoms with Crippen LogP contribution in [0.25, 0.3) is 16.8 Å². The lowest BCUT2D eigenvalue weighted by Gasteiger charge is -2.31. The highest BCUT2D eigenvalue weighted by molar-refractivity contribution is 6.05. The van der Waals surface area contributed by atoms with Crippen LogP contribution in [0.4, 0.5) is 11.4 Å². The molecular formula is C29H27N7O2. The monoisotopic (exact) mass is 505 g/mol. The first-order valence-corrected chi connectivity index (χ1v) is 12.6. The van der Waals surface area contributed by atoms with Crippen molar-refractivity contribution in [2.24, 2.45) is 0 Å². The molecular weight excluding hydrogens is 478 g/mol. The van der Waals surface area contributed by atoms with Gasteiger partial charge in [0.2, 0.25) is 0 Å². The van der Waals surface area contributed by atoms with Crippen molar-refractivity contribution in [3.05, 3.63) is 103 Å². The van der Waals surface area contributed by atoms with E-state index in [1.807, 2.05) is 66.7 Å². The first-order chi connectivity index (χ1) is 18.7. The number of pyridine rings is 1. The number of nitrogens with one attached hydrogen (secondary N) is 2. The molecule has 3 aromatic heterocycles. The fourth-order valence-electron chi connectivity index (χ4n) is 4.52. The second-order valence-electron chi connectivity index (χ2n) is 8.98. The van der Waals surface area contributed by atoms with Gasteiger partial charge in [-0.3, -0.25) is 9.78 Å². The molecule has 9 heteroatoms. The molecule has 0 radical (unpaired) electrons. The minimum Gasteiger partial charge on any atom is -0.487 e. The van der Waals surface area contributed by atoms with E-state index in [-0.39, 0.29) is 5.91 Å². The zero-order chi connectivity index (χ0) is 25.7. The molecule has 1 amide bonds. The van der Waals surface area contributed by atoms with Gasteiger partial charge >= 0.3 is 0 Å². The fourth-order valence-corrected chi connectivity index (χ4v) is 4.52. The van der Waals surface area contributed by atoms with E-state index >= 15 is 0 Å². The third-order valence-electron chi connectivity index (χ3n) is 6.49. The summed E-state index contributed by atoms with van der Waals surface area (Å²) >= 11 is 0. The Morgan fingerprint density at radius 1 is 0.974 bits per heavy atom. The van der Waals surface area contributed by atoms with Crippen LogP contribution in [0.2, 0.25) is 0 Å². The number of carbonyl (C=O) groups is 1. The van der Waals surface area contributed by atoms with E-state index in [0.29, 0.717) is 17.9 Å². The summed E-state index contributed by atoms with van der Waals surface area (Å²) in [5.41, 5.74) is 5.34. The lowest BCUT2D eigenvalue weighted by molar-refractivity contribution is 0.102. The summed E-state index contributed by atoms with van der Waals surface area (Å²) in [4.78, 5) is 24.5. The molecule has 2 N–H and O–H groups in total. The van der Waals surface area contributed by atoms with Gasteiger partial charge in [0.25, 0.3) is 5.91 Å². The van der Waals surface area contributed by atoms with Crippen LogP contribution in [0.3, 0.4) is 0 Å². The lowest BCUT2D eigenvalue weighted by atomic mass is 10.1. The van der Waals surface area contributed by atoms with E-state index in [1.165, 1.54) is 0 Å². The number of anilines is 2. The maximum absolute atomic E-state index is 13.2. The van der Waals surface area contributed by atoms with E-state index < -0.39 is 0 Å². The van der Waals surface area contributed by atoms with Gasteiger partial charge in [-0.1, -0.05) is 30.3 Å². The van der Waals surface area contributed by atoms with Crippen molar-refractivity contribution in [2.75, 3.05) is 36.4 Å². The Morgan fingerprint density at radius 3 is 2.61 bits per heavy atom. The number of hydrogen-bond donors (Lipinski definition) is 2. The van der Waals surface area contributed by atoms with Gasteiger partial charge in [0.05, 0.1) is 23.3 Å². The van der Waals surface area contributed by atoms with Crippen LogP contribution in [0.15, 0.2) is 91.4 Å². The van der Waals surface area contributed by atoms with Crippen molar-refractivity contribution in [1.82, 2.24) is 24.9 Å². The summed E-state index contributed by atoms with van der Waals surface area (Å²) in [5.74, 6) is 0.479.